The number of nitro benzene ring substituents is 1. The van der Waals surface area contributed by atoms with Crippen LogP contribution < -0.4 is 5.32 Å². The highest BCUT2D eigenvalue weighted by molar-refractivity contribution is 5.99. The van der Waals surface area contributed by atoms with Crippen LogP contribution in [-0.4, -0.2) is 28.7 Å². The lowest BCUT2D eigenvalue weighted by molar-refractivity contribution is -0.383. The number of anilines is 1. The number of nitrogens with zero attached hydrogens (tertiary/aromatic N) is 2. The van der Waals surface area contributed by atoms with Crippen LogP contribution in [0.25, 0.3) is 10.8 Å². The molecule has 104 valence electrons. The number of benzene rings is 1. The maximum Gasteiger partial charge on any atom is 0.278 e. The van der Waals surface area contributed by atoms with E-state index in [1.807, 2.05) is 6.92 Å². The maximum absolute atomic E-state index is 11.1. The highest BCUT2D eigenvalue weighted by Crippen LogP contribution is 2.32. The van der Waals surface area contributed by atoms with Crippen LogP contribution in [0.2, 0.25) is 0 Å². The molecule has 0 aliphatic carbocycles. The molecule has 0 amide bonds. The molecule has 0 radical (unpaired) electrons. The zero-order chi connectivity index (χ0) is 14.1. The van der Waals surface area contributed by atoms with E-state index in [-0.39, 0.29) is 22.8 Å². The van der Waals surface area contributed by atoms with Crippen molar-refractivity contribution >= 4 is 22.1 Å². The van der Waals surface area contributed by atoms with Gasteiger partial charge in [-0.3, -0.25) is 15.1 Å². The fourth-order valence-corrected chi connectivity index (χ4v) is 2.58. The van der Waals surface area contributed by atoms with Gasteiger partial charge in [-0.2, -0.15) is 0 Å². The Kier molecular flexibility index (Phi) is 3.23. The van der Waals surface area contributed by atoms with Gasteiger partial charge >= 0.3 is 0 Å². The molecule has 1 aliphatic heterocycles. The first-order chi connectivity index (χ1) is 9.66. The summed E-state index contributed by atoms with van der Waals surface area (Å²) in [6, 6.07) is 5.30. The van der Waals surface area contributed by atoms with E-state index < -0.39 is 0 Å². The van der Waals surface area contributed by atoms with Crippen molar-refractivity contribution in [3.8, 4) is 0 Å². The van der Waals surface area contributed by atoms with Crippen LogP contribution in [0.15, 0.2) is 30.6 Å². The highest BCUT2D eigenvalue weighted by atomic mass is 16.6. The highest BCUT2D eigenvalue weighted by Gasteiger charge is 2.25. The van der Waals surface area contributed by atoms with Crippen LogP contribution in [0.3, 0.4) is 0 Å². The van der Waals surface area contributed by atoms with Crippen molar-refractivity contribution in [3.63, 3.8) is 0 Å². The van der Waals surface area contributed by atoms with E-state index in [4.69, 9.17) is 4.74 Å². The van der Waals surface area contributed by atoms with Gasteiger partial charge in [-0.05, 0) is 25.5 Å². The van der Waals surface area contributed by atoms with Crippen molar-refractivity contribution in [1.82, 2.24) is 4.98 Å². The average molecular weight is 273 g/mol. The number of hydrogen-bond acceptors (Lipinski definition) is 5. The molecule has 2 heterocycles. The van der Waals surface area contributed by atoms with E-state index in [1.165, 1.54) is 12.3 Å². The van der Waals surface area contributed by atoms with Gasteiger partial charge in [0.05, 0.1) is 22.5 Å². The molecule has 0 saturated carbocycles. The molecule has 0 spiro atoms. The zero-order valence-corrected chi connectivity index (χ0v) is 11.1. The number of non-ortho nitro benzene ring substituents is 1. The lowest BCUT2D eigenvalue weighted by atomic mass is 10.1. The summed E-state index contributed by atoms with van der Waals surface area (Å²) in [5.74, 6) is 0. The van der Waals surface area contributed by atoms with Crippen molar-refractivity contribution in [1.29, 1.82) is 0 Å². The van der Waals surface area contributed by atoms with Crippen LogP contribution in [0, 0.1) is 10.1 Å². The van der Waals surface area contributed by atoms with E-state index in [0.717, 1.165) is 24.1 Å². The Labute approximate surface area is 115 Å². The Morgan fingerprint density at radius 2 is 2.25 bits per heavy atom. The number of aromatic nitrogens is 1. The van der Waals surface area contributed by atoms with Crippen LogP contribution >= 0.6 is 0 Å². The number of nitro groups is 1. The van der Waals surface area contributed by atoms with Gasteiger partial charge in [0.25, 0.3) is 5.69 Å². The van der Waals surface area contributed by atoms with Crippen LogP contribution in [0.5, 0.6) is 0 Å². The summed E-state index contributed by atoms with van der Waals surface area (Å²) < 4.78 is 5.53. The van der Waals surface area contributed by atoms with Gasteiger partial charge in [-0.1, -0.05) is 0 Å². The van der Waals surface area contributed by atoms with Gasteiger partial charge in [-0.15, -0.1) is 0 Å². The minimum Gasteiger partial charge on any atom is -0.379 e. The number of ether oxygens (including phenoxy) is 1. The van der Waals surface area contributed by atoms with Crippen molar-refractivity contribution in [3.05, 3.63) is 40.7 Å². The van der Waals surface area contributed by atoms with Crippen molar-refractivity contribution < 1.29 is 9.66 Å². The summed E-state index contributed by atoms with van der Waals surface area (Å²) in [4.78, 5) is 14.7. The zero-order valence-electron chi connectivity index (χ0n) is 11.1. The molecule has 1 aromatic heterocycles. The molecule has 6 nitrogen and oxygen atoms in total. The summed E-state index contributed by atoms with van der Waals surface area (Å²) in [6.45, 7) is 2.77. The van der Waals surface area contributed by atoms with Crippen molar-refractivity contribution in [2.24, 2.45) is 0 Å². The predicted molar refractivity (Wildman–Crippen MR) is 75.8 cm³/mol. The molecular formula is C14H15N3O3. The fourth-order valence-electron chi connectivity index (χ4n) is 2.58. The van der Waals surface area contributed by atoms with Crippen molar-refractivity contribution in [2.75, 3.05) is 11.9 Å². The summed E-state index contributed by atoms with van der Waals surface area (Å²) in [7, 11) is 0. The third kappa shape index (κ3) is 2.18. The molecule has 6 heteroatoms. The quantitative estimate of drug-likeness (QED) is 0.687. The summed E-state index contributed by atoms with van der Waals surface area (Å²) in [5, 5.41) is 15.8. The lowest BCUT2D eigenvalue weighted by Gasteiger charge is -2.18. The lowest BCUT2D eigenvalue weighted by Crippen LogP contribution is -2.26. The molecule has 2 aromatic rings. The topological polar surface area (TPSA) is 77.3 Å². The van der Waals surface area contributed by atoms with Gasteiger partial charge in [0, 0.05) is 36.1 Å². The third-order valence-corrected chi connectivity index (χ3v) is 3.71. The smallest absolute Gasteiger partial charge is 0.278 e. The normalized spacial score (nSPS) is 22.1. The standard InChI is InChI=1S/C14H15N3O3/c1-9-12(5-7-20-9)16-13-2-3-14(17(18)19)11-8-15-6-4-10(11)13/h2-4,6,8-9,12,16H,5,7H2,1H3. The average Bonchev–Trinajstić information content (AvgIpc) is 2.84. The molecule has 2 unspecified atom stereocenters. The summed E-state index contributed by atoms with van der Waals surface area (Å²) in [6.07, 6.45) is 4.26. The predicted octanol–water partition coefficient (Wildman–Crippen LogP) is 2.73. The Bertz CT molecular complexity index is 659. The second-order valence-electron chi connectivity index (χ2n) is 4.93. The molecule has 2 atom stereocenters. The number of rotatable bonds is 3. The van der Waals surface area contributed by atoms with E-state index in [0.29, 0.717) is 5.39 Å². The minimum absolute atomic E-state index is 0.0781. The van der Waals surface area contributed by atoms with Crippen molar-refractivity contribution in [2.45, 2.75) is 25.5 Å². The molecule has 1 saturated heterocycles. The SMILES string of the molecule is CC1OCCC1Nc1ccc([N+](=O)[O-])c2cnccc12. The Balaban J connectivity index is 2.04. The second kappa shape index (κ2) is 5.05. The van der Waals surface area contributed by atoms with E-state index in [9.17, 15) is 10.1 Å². The van der Waals surface area contributed by atoms with E-state index in [2.05, 4.69) is 10.3 Å². The molecule has 1 N–H and O–H groups in total. The molecule has 1 aliphatic rings. The van der Waals surface area contributed by atoms with Gasteiger partial charge < -0.3 is 10.1 Å². The first-order valence-electron chi connectivity index (χ1n) is 6.56. The number of hydrogen-bond donors (Lipinski definition) is 1. The largest absolute Gasteiger partial charge is 0.379 e. The van der Waals surface area contributed by atoms with Crippen LogP contribution in [0.1, 0.15) is 13.3 Å². The minimum atomic E-state index is -0.380. The Morgan fingerprint density at radius 3 is 2.95 bits per heavy atom. The number of pyridine rings is 1. The van der Waals surface area contributed by atoms with Gasteiger partial charge in [0.2, 0.25) is 0 Å². The molecule has 1 fully saturated rings. The fraction of sp³-hybridized carbons (Fsp3) is 0.357. The number of fused-ring (bicyclic) bond motifs is 1. The van der Waals surface area contributed by atoms with E-state index in [1.54, 1.807) is 18.3 Å². The van der Waals surface area contributed by atoms with E-state index >= 15 is 0 Å². The van der Waals surface area contributed by atoms with Gasteiger partial charge in [-0.25, -0.2) is 0 Å². The molecule has 0 bridgehead atoms. The monoisotopic (exact) mass is 273 g/mol. The second-order valence-corrected chi connectivity index (χ2v) is 4.93. The molecule has 20 heavy (non-hydrogen) atoms. The van der Waals surface area contributed by atoms with Crippen LogP contribution in [-0.2, 0) is 4.74 Å². The van der Waals surface area contributed by atoms with Gasteiger partial charge in [0.1, 0.15) is 0 Å². The molecular weight excluding hydrogens is 258 g/mol. The van der Waals surface area contributed by atoms with Crippen LogP contribution in [0.4, 0.5) is 11.4 Å². The Morgan fingerprint density at radius 1 is 1.40 bits per heavy atom. The third-order valence-electron chi connectivity index (χ3n) is 3.71. The summed E-state index contributed by atoms with van der Waals surface area (Å²) >= 11 is 0. The number of nitrogens with one attached hydrogen (secondary N) is 1. The molecule has 3 rings (SSSR count). The van der Waals surface area contributed by atoms with Gasteiger partial charge in [0.15, 0.2) is 0 Å². The first kappa shape index (κ1) is 12.8. The molecule has 1 aromatic carbocycles. The Hall–Kier alpha value is -2.21. The first-order valence-corrected chi connectivity index (χ1v) is 6.56. The summed E-state index contributed by atoms with van der Waals surface area (Å²) in [5.41, 5.74) is 0.963. The maximum atomic E-state index is 11.1.